The lowest BCUT2D eigenvalue weighted by Gasteiger charge is -2.36. The minimum Gasteiger partial charge on any atom is -0.508 e. The molecule has 16 N–H and O–H groups in total. The van der Waals surface area contributed by atoms with E-state index in [9.17, 15) is 43.8 Å². The van der Waals surface area contributed by atoms with Crippen molar-refractivity contribution < 1.29 is 58.4 Å². The van der Waals surface area contributed by atoms with Crippen LogP contribution in [0.1, 0.15) is 83.4 Å². The minimum atomic E-state index is -1.59. The number of nitrogens with one attached hydrogen (secondary N) is 9. The van der Waals surface area contributed by atoms with E-state index in [0.29, 0.717) is 16.7 Å². The maximum atomic E-state index is 14.1. The highest BCUT2D eigenvalue weighted by molar-refractivity contribution is 6.03. The van der Waals surface area contributed by atoms with Gasteiger partial charge < -0.3 is 73.5 Å². The number of nitrogens with two attached hydrogens (primary N) is 2. The molecule has 0 aromatic heterocycles. The van der Waals surface area contributed by atoms with Gasteiger partial charge in [0.15, 0.2) is 17.5 Å². The summed E-state index contributed by atoms with van der Waals surface area (Å²) in [5.74, 6) is -6.77. The number of carboxylic acids is 1. The third-order valence-corrected chi connectivity index (χ3v) is 10.5. The molecule has 0 saturated carbocycles. The number of phenols is 2. The number of guanidine groups is 2. The van der Waals surface area contributed by atoms with Crippen LogP contribution in [-0.4, -0.2) is 113 Å². The number of fused-ring (bicyclic) bond motifs is 6. The third-order valence-electron chi connectivity index (χ3n) is 10.5. The Morgan fingerprint density at radius 2 is 1.21 bits per heavy atom. The van der Waals surface area contributed by atoms with Gasteiger partial charge in [-0.1, -0.05) is 19.9 Å². The van der Waals surface area contributed by atoms with Crippen LogP contribution < -0.4 is 53.4 Å². The molecule has 2 heterocycles. The van der Waals surface area contributed by atoms with Crippen LogP contribution in [0.2, 0.25) is 0 Å². The molecule has 0 bridgehead atoms. The number of aromatic hydroxyl groups is 2. The maximum Gasteiger partial charge on any atom is 0.340 e. The van der Waals surface area contributed by atoms with Crippen molar-refractivity contribution in [1.82, 2.24) is 37.2 Å². The predicted octanol–water partition coefficient (Wildman–Crippen LogP) is -0.377. The first-order valence-corrected chi connectivity index (χ1v) is 20.8. The van der Waals surface area contributed by atoms with Crippen molar-refractivity contribution in [2.45, 2.75) is 69.7 Å². The molecule has 3 aromatic carbocycles. The highest BCUT2D eigenvalue weighted by atomic mass is 16.6. The molecule has 352 valence electrons. The summed E-state index contributed by atoms with van der Waals surface area (Å²) in [6, 6.07) is 9.02. The van der Waals surface area contributed by atoms with E-state index in [1.54, 1.807) is 13.8 Å². The van der Waals surface area contributed by atoms with E-state index >= 15 is 0 Å². The number of carbonyl (C=O) groups excluding carboxylic acids is 6. The Morgan fingerprint density at radius 1 is 0.682 bits per heavy atom. The average Bonchev–Trinajstić information content (AvgIpc) is 3.54. The zero-order chi connectivity index (χ0) is 48.3. The highest BCUT2D eigenvalue weighted by Crippen LogP contribution is 2.57. The number of rotatable bonds is 21. The molecule has 5 rings (SSSR count). The van der Waals surface area contributed by atoms with Gasteiger partial charge in [-0.2, -0.15) is 0 Å². The number of amides is 5. The van der Waals surface area contributed by atoms with Crippen molar-refractivity contribution in [3.05, 3.63) is 82.4 Å². The van der Waals surface area contributed by atoms with Crippen molar-refractivity contribution in [2.75, 3.05) is 26.2 Å². The molecule has 23 heteroatoms. The van der Waals surface area contributed by atoms with Gasteiger partial charge in [0.05, 0.1) is 12.1 Å². The van der Waals surface area contributed by atoms with Crippen LogP contribution in [0.15, 0.2) is 54.6 Å². The first-order valence-electron chi connectivity index (χ1n) is 20.8. The smallest absolute Gasteiger partial charge is 0.340 e. The second-order valence-corrected chi connectivity index (χ2v) is 15.9. The van der Waals surface area contributed by atoms with Gasteiger partial charge >= 0.3 is 11.9 Å². The van der Waals surface area contributed by atoms with Crippen molar-refractivity contribution in [1.29, 1.82) is 10.8 Å². The lowest BCUT2D eigenvalue weighted by molar-refractivity contribution is -0.138. The zero-order valence-electron chi connectivity index (χ0n) is 36.0. The van der Waals surface area contributed by atoms with E-state index in [1.807, 2.05) is 0 Å². The number of carbonyl (C=O) groups is 7. The summed E-state index contributed by atoms with van der Waals surface area (Å²) in [4.78, 5) is 92.0. The molecule has 1 spiro atoms. The summed E-state index contributed by atoms with van der Waals surface area (Å²) in [5.41, 5.74) is 10.3. The van der Waals surface area contributed by atoms with Crippen LogP contribution in [0.4, 0.5) is 0 Å². The molecular weight excluding hydrogens is 863 g/mol. The summed E-state index contributed by atoms with van der Waals surface area (Å²) in [6.07, 6.45) is 0.482. The van der Waals surface area contributed by atoms with E-state index < -0.39 is 78.3 Å². The van der Waals surface area contributed by atoms with Gasteiger partial charge in [-0.25, -0.2) is 4.79 Å². The quantitative estimate of drug-likeness (QED) is 0.0280. The Hall–Kier alpha value is -8.11. The number of carboxylic acid groups (broad SMARTS) is 1. The summed E-state index contributed by atoms with van der Waals surface area (Å²) < 4.78 is 12.1. The first kappa shape index (κ1) is 48.9. The van der Waals surface area contributed by atoms with Gasteiger partial charge in [0.25, 0.3) is 5.91 Å². The van der Waals surface area contributed by atoms with Crippen molar-refractivity contribution in [2.24, 2.45) is 17.4 Å². The third kappa shape index (κ3) is 12.1. The van der Waals surface area contributed by atoms with Crippen LogP contribution >= 0.6 is 0 Å². The monoisotopic (exact) mass is 915 g/mol. The molecule has 3 atom stereocenters. The average molecular weight is 916 g/mol. The molecule has 2 aliphatic heterocycles. The summed E-state index contributed by atoms with van der Waals surface area (Å²) in [5, 5.41) is 61.9. The van der Waals surface area contributed by atoms with E-state index in [1.165, 1.54) is 54.6 Å². The van der Waals surface area contributed by atoms with E-state index in [0.717, 1.165) is 0 Å². The van der Waals surface area contributed by atoms with E-state index in [-0.39, 0.29) is 97.2 Å². The standard InChI is InChI=1S/C43H53N11O12/c1-21(2)15-31(39(63)53-29(5-3-13-48-41(44)45)37(61)51-19-34(57)50-20-35(58)59)54-38(62)30(6-4-14-49-42(46)47)52-36(60)22-7-10-26-25(16-22)40(64)66-43(26)27-11-8-23(55)17-32(27)65-33-18-24(56)9-12-28(33)43/h7-12,16-18,21,29-31,55-56H,3-6,13-15,19-20H2,1-2H3,(H,50,57)(H,51,61)(H,52,60)(H,53,63)(H,54,62)(H,58,59)(H4,44,45,48)(H4,46,47,49)/t29-,30-,31-/m0/s1. The number of benzene rings is 3. The lowest BCUT2D eigenvalue weighted by atomic mass is 9.77. The van der Waals surface area contributed by atoms with Gasteiger partial charge in [-0.15, -0.1) is 0 Å². The fourth-order valence-electron chi connectivity index (χ4n) is 7.46. The van der Waals surface area contributed by atoms with Crippen LogP contribution in [0, 0.1) is 16.7 Å². The van der Waals surface area contributed by atoms with E-state index in [2.05, 4.69) is 37.2 Å². The Balaban J connectivity index is 1.38. The van der Waals surface area contributed by atoms with Crippen LogP contribution in [-0.2, 0) is 34.3 Å². The van der Waals surface area contributed by atoms with Crippen molar-refractivity contribution in [3.8, 4) is 23.0 Å². The number of aliphatic carboxylic acids is 1. The topological polar surface area (TPSA) is 383 Å². The molecule has 3 aromatic rings. The molecule has 66 heavy (non-hydrogen) atoms. The van der Waals surface area contributed by atoms with Crippen LogP contribution in [0.3, 0.4) is 0 Å². The normalized spacial score (nSPS) is 14.1. The Kier molecular flexibility index (Phi) is 15.9. The summed E-state index contributed by atoms with van der Waals surface area (Å²) >= 11 is 0. The van der Waals surface area contributed by atoms with Gasteiger partial charge in [0.2, 0.25) is 23.6 Å². The molecule has 5 amide bonds. The second kappa shape index (κ2) is 21.5. The fraction of sp³-hybridized carbons (Fsp3) is 0.372. The van der Waals surface area contributed by atoms with Crippen molar-refractivity contribution in [3.63, 3.8) is 0 Å². The summed E-state index contributed by atoms with van der Waals surface area (Å²) in [7, 11) is 0. The molecule has 0 radical (unpaired) electrons. The summed E-state index contributed by atoms with van der Waals surface area (Å²) in [6.45, 7) is 2.60. The molecule has 0 unspecified atom stereocenters. The Bertz CT molecular complexity index is 2360. The number of esters is 1. The highest BCUT2D eigenvalue weighted by Gasteiger charge is 2.54. The first-order chi connectivity index (χ1) is 31.3. The SMILES string of the molecule is CC(C)C[C@H](NC(=O)[C@H](CCCNC(=N)N)NC(=O)c1ccc2c(c1)C(=O)OC21c2ccc(O)cc2Oc2cc(O)ccc21)C(=O)N[C@@H](CCCNC(=N)N)C(=O)NCC(=O)NCC(=O)O. The number of hydrogen-bond donors (Lipinski definition) is 14. The van der Waals surface area contributed by atoms with Gasteiger partial charge in [-0.05, 0) is 74.4 Å². The largest absolute Gasteiger partial charge is 0.508 e. The zero-order valence-corrected chi connectivity index (χ0v) is 36.0. The molecular formula is C43H53N11O12. The molecule has 23 nitrogen and oxygen atoms in total. The van der Waals surface area contributed by atoms with Gasteiger partial charge in [-0.3, -0.25) is 39.6 Å². The Labute approximate surface area is 377 Å². The second-order valence-electron chi connectivity index (χ2n) is 15.9. The number of phenolic OH excluding ortho intramolecular Hbond substituents is 2. The minimum absolute atomic E-state index is 0.00576. The molecule has 0 fully saturated rings. The fourth-order valence-corrected chi connectivity index (χ4v) is 7.46. The van der Waals surface area contributed by atoms with Gasteiger partial charge in [0.1, 0.15) is 47.7 Å². The number of hydrogen-bond acceptors (Lipinski definition) is 13. The van der Waals surface area contributed by atoms with Crippen LogP contribution in [0.25, 0.3) is 0 Å². The van der Waals surface area contributed by atoms with E-state index in [4.69, 9.17) is 36.9 Å². The Morgan fingerprint density at radius 3 is 1.76 bits per heavy atom. The van der Waals surface area contributed by atoms with Crippen molar-refractivity contribution >= 4 is 53.4 Å². The predicted molar refractivity (Wildman–Crippen MR) is 235 cm³/mol. The molecule has 2 aliphatic rings. The maximum absolute atomic E-state index is 14.1. The number of ether oxygens (including phenoxy) is 2. The lowest BCUT2D eigenvalue weighted by Crippen LogP contribution is -2.57. The van der Waals surface area contributed by atoms with Crippen LogP contribution in [0.5, 0.6) is 23.0 Å². The van der Waals surface area contributed by atoms with Gasteiger partial charge in [0, 0.05) is 47.5 Å². The molecule has 0 aliphatic carbocycles. The molecule has 0 saturated heterocycles.